The fourth-order valence-electron chi connectivity index (χ4n) is 3.87. The van der Waals surface area contributed by atoms with Gasteiger partial charge < -0.3 is 19.4 Å². The first-order valence-corrected chi connectivity index (χ1v) is 10.8. The maximum absolute atomic E-state index is 13.4. The van der Waals surface area contributed by atoms with Crippen molar-refractivity contribution in [1.82, 2.24) is 14.9 Å². The van der Waals surface area contributed by atoms with Gasteiger partial charge in [0, 0.05) is 12.1 Å². The van der Waals surface area contributed by atoms with Gasteiger partial charge in [0.25, 0.3) is 5.91 Å². The molecule has 0 aliphatic heterocycles. The molecule has 0 radical (unpaired) electrons. The number of amides is 1. The van der Waals surface area contributed by atoms with Gasteiger partial charge in [-0.25, -0.2) is 9.37 Å². The predicted octanol–water partition coefficient (Wildman–Crippen LogP) is 5.12. The van der Waals surface area contributed by atoms with E-state index in [4.69, 9.17) is 14.5 Å². The van der Waals surface area contributed by atoms with Gasteiger partial charge in [0.15, 0.2) is 11.5 Å². The Morgan fingerprint density at radius 1 is 1.03 bits per heavy atom. The van der Waals surface area contributed by atoms with Crippen molar-refractivity contribution in [2.45, 2.75) is 25.9 Å². The number of nitrogens with zero attached hydrogens (tertiary/aromatic N) is 2. The molecule has 1 unspecified atom stereocenters. The molecular formula is C26H26FN3O3. The number of rotatable bonds is 8. The highest BCUT2D eigenvalue weighted by Gasteiger charge is 2.22. The van der Waals surface area contributed by atoms with Crippen LogP contribution in [0.1, 0.15) is 41.1 Å². The lowest BCUT2D eigenvalue weighted by molar-refractivity contribution is 0.0932. The molecule has 7 heteroatoms. The predicted molar refractivity (Wildman–Crippen MR) is 125 cm³/mol. The number of carbonyl (C=O) groups is 1. The van der Waals surface area contributed by atoms with Gasteiger partial charge >= 0.3 is 0 Å². The van der Waals surface area contributed by atoms with Crippen molar-refractivity contribution >= 4 is 16.9 Å². The number of carbonyl (C=O) groups excluding carboxylic acids is 1. The zero-order valence-electron chi connectivity index (χ0n) is 18.8. The zero-order valence-corrected chi connectivity index (χ0v) is 18.8. The van der Waals surface area contributed by atoms with Crippen LogP contribution in [-0.4, -0.2) is 29.7 Å². The maximum Gasteiger partial charge on any atom is 0.252 e. The standard InChI is InChI=1S/C26H26FN3O3/c1-4-20(29-26(31)18-11-14-23(32-2)24(15-18)33-3)25-28-21-7-5-6-8-22(21)30(25)16-17-9-12-19(27)13-10-17/h5-15,20H,4,16H2,1-3H3,(H,29,31). The fourth-order valence-corrected chi connectivity index (χ4v) is 3.87. The summed E-state index contributed by atoms with van der Waals surface area (Å²) in [5.74, 6) is 1.28. The van der Waals surface area contributed by atoms with Crippen LogP contribution < -0.4 is 14.8 Å². The summed E-state index contributed by atoms with van der Waals surface area (Å²) in [6.07, 6.45) is 0.645. The Bertz CT molecular complexity index is 1270. The van der Waals surface area contributed by atoms with Gasteiger partial charge in [-0.05, 0) is 54.4 Å². The first-order valence-electron chi connectivity index (χ1n) is 10.8. The summed E-state index contributed by atoms with van der Waals surface area (Å²) < 4.78 is 26.1. The van der Waals surface area contributed by atoms with Crippen LogP contribution in [-0.2, 0) is 6.54 Å². The first-order chi connectivity index (χ1) is 16.0. The molecule has 0 saturated heterocycles. The second kappa shape index (κ2) is 9.73. The topological polar surface area (TPSA) is 65.4 Å². The number of aromatic nitrogens is 2. The van der Waals surface area contributed by atoms with Crippen molar-refractivity contribution < 1.29 is 18.7 Å². The monoisotopic (exact) mass is 447 g/mol. The highest BCUT2D eigenvalue weighted by molar-refractivity contribution is 5.95. The molecule has 0 aliphatic carbocycles. The highest BCUT2D eigenvalue weighted by Crippen LogP contribution is 2.29. The van der Waals surface area contributed by atoms with Crippen molar-refractivity contribution in [1.29, 1.82) is 0 Å². The molecule has 4 aromatic rings. The molecule has 170 valence electrons. The Balaban J connectivity index is 1.67. The number of para-hydroxylation sites is 2. The summed E-state index contributed by atoms with van der Waals surface area (Å²) in [7, 11) is 3.09. The largest absolute Gasteiger partial charge is 0.493 e. The molecule has 33 heavy (non-hydrogen) atoms. The average molecular weight is 448 g/mol. The minimum atomic E-state index is -0.321. The van der Waals surface area contributed by atoms with E-state index in [1.165, 1.54) is 19.2 Å². The molecule has 0 fully saturated rings. The second-order valence-corrected chi connectivity index (χ2v) is 7.68. The van der Waals surface area contributed by atoms with Gasteiger partial charge in [0.05, 0.1) is 31.3 Å². The first kappa shape index (κ1) is 22.3. The molecule has 1 heterocycles. The van der Waals surface area contributed by atoms with Crippen molar-refractivity contribution in [2.24, 2.45) is 0 Å². The van der Waals surface area contributed by atoms with E-state index in [0.29, 0.717) is 30.0 Å². The van der Waals surface area contributed by atoms with Crippen LogP contribution in [0.2, 0.25) is 0 Å². The van der Waals surface area contributed by atoms with Crippen molar-refractivity contribution in [3.63, 3.8) is 0 Å². The van der Waals surface area contributed by atoms with Crippen LogP contribution in [0.5, 0.6) is 11.5 Å². The Hall–Kier alpha value is -3.87. The summed E-state index contributed by atoms with van der Waals surface area (Å²) in [5.41, 5.74) is 3.21. The Labute approximate surface area is 192 Å². The molecule has 1 aromatic heterocycles. The maximum atomic E-state index is 13.4. The van der Waals surface area contributed by atoms with Crippen LogP contribution in [0.15, 0.2) is 66.7 Å². The molecule has 0 saturated carbocycles. The molecule has 1 amide bonds. The van der Waals surface area contributed by atoms with Crippen LogP contribution in [0, 0.1) is 5.82 Å². The molecule has 6 nitrogen and oxygen atoms in total. The van der Waals surface area contributed by atoms with E-state index < -0.39 is 0 Å². The van der Waals surface area contributed by atoms with Crippen LogP contribution in [0.25, 0.3) is 11.0 Å². The lowest BCUT2D eigenvalue weighted by Crippen LogP contribution is -2.30. The van der Waals surface area contributed by atoms with Gasteiger partial charge in [-0.15, -0.1) is 0 Å². The lowest BCUT2D eigenvalue weighted by Gasteiger charge is -2.19. The third-order valence-electron chi connectivity index (χ3n) is 5.61. The smallest absolute Gasteiger partial charge is 0.252 e. The number of ether oxygens (including phenoxy) is 2. The number of hydrogen-bond donors (Lipinski definition) is 1. The summed E-state index contributed by atoms with van der Waals surface area (Å²) in [6, 6.07) is 19.0. The summed E-state index contributed by atoms with van der Waals surface area (Å²) in [5, 5.41) is 3.11. The number of imidazole rings is 1. The van der Waals surface area contributed by atoms with E-state index in [2.05, 4.69) is 9.88 Å². The van der Waals surface area contributed by atoms with E-state index in [0.717, 1.165) is 22.4 Å². The quantitative estimate of drug-likeness (QED) is 0.407. The normalized spacial score (nSPS) is 11.9. The number of hydrogen-bond acceptors (Lipinski definition) is 4. The molecule has 0 aliphatic rings. The van der Waals surface area contributed by atoms with Crippen molar-refractivity contribution in [3.8, 4) is 11.5 Å². The highest BCUT2D eigenvalue weighted by atomic mass is 19.1. The third kappa shape index (κ3) is 4.67. The van der Waals surface area contributed by atoms with Gasteiger partial charge in [0.1, 0.15) is 11.6 Å². The van der Waals surface area contributed by atoms with E-state index in [1.807, 2.05) is 31.2 Å². The van der Waals surface area contributed by atoms with E-state index in [-0.39, 0.29) is 17.8 Å². The molecule has 1 atom stereocenters. The molecule has 1 N–H and O–H groups in total. The molecule has 4 rings (SSSR count). The lowest BCUT2D eigenvalue weighted by atomic mass is 10.1. The minimum Gasteiger partial charge on any atom is -0.493 e. The number of fused-ring (bicyclic) bond motifs is 1. The van der Waals surface area contributed by atoms with Gasteiger partial charge in [-0.1, -0.05) is 31.2 Å². The minimum absolute atomic E-state index is 0.233. The molecule has 3 aromatic carbocycles. The van der Waals surface area contributed by atoms with Crippen molar-refractivity contribution in [3.05, 3.63) is 89.5 Å². The Kier molecular flexibility index (Phi) is 6.58. The number of methoxy groups -OCH3 is 2. The fraction of sp³-hybridized carbons (Fsp3) is 0.231. The number of halogens is 1. The van der Waals surface area contributed by atoms with E-state index >= 15 is 0 Å². The molecule has 0 bridgehead atoms. The van der Waals surface area contributed by atoms with E-state index in [1.54, 1.807) is 37.4 Å². The van der Waals surface area contributed by atoms with Crippen LogP contribution in [0.4, 0.5) is 4.39 Å². The molecular weight excluding hydrogens is 421 g/mol. The second-order valence-electron chi connectivity index (χ2n) is 7.68. The van der Waals surface area contributed by atoms with Gasteiger partial charge in [0.2, 0.25) is 0 Å². The molecule has 0 spiro atoms. The Morgan fingerprint density at radius 3 is 2.45 bits per heavy atom. The van der Waals surface area contributed by atoms with Gasteiger partial charge in [-0.2, -0.15) is 0 Å². The summed E-state index contributed by atoms with van der Waals surface area (Å²) in [4.78, 5) is 17.9. The Morgan fingerprint density at radius 2 is 1.76 bits per heavy atom. The summed E-state index contributed by atoms with van der Waals surface area (Å²) >= 11 is 0. The summed E-state index contributed by atoms with van der Waals surface area (Å²) in [6.45, 7) is 2.51. The van der Waals surface area contributed by atoms with Crippen LogP contribution >= 0.6 is 0 Å². The zero-order chi connectivity index (χ0) is 23.4. The SMILES string of the molecule is CCC(NC(=O)c1ccc(OC)c(OC)c1)c1nc2ccccc2n1Cc1ccc(F)cc1. The average Bonchev–Trinajstić information content (AvgIpc) is 3.21. The van der Waals surface area contributed by atoms with Crippen molar-refractivity contribution in [2.75, 3.05) is 14.2 Å². The number of nitrogens with one attached hydrogen (secondary N) is 1. The third-order valence-corrected chi connectivity index (χ3v) is 5.61. The van der Waals surface area contributed by atoms with Gasteiger partial charge in [-0.3, -0.25) is 4.79 Å². The van der Waals surface area contributed by atoms with Crippen LogP contribution in [0.3, 0.4) is 0 Å². The number of benzene rings is 3. The van der Waals surface area contributed by atoms with E-state index in [9.17, 15) is 9.18 Å².